The van der Waals surface area contributed by atoms with Gasteiger partial charge in [-0.1, -0.05) is 13.8 Å². The zero-order valence-electron chi connectivity index (χ0n) is 12.7. The molecule has 108 valence electrons. The molecule has 1 saturated heterocycles. The minimum absolute atomic E-state index is 0.504. The highest BCUT2D eigenvalue weighted by molar-refractivity contribution is 4.69. The lowest BCUT2D eigenvalue weighted by atomic mass is 10.1. The molecule has 3 nitrogen and oxygen atoms in total. The number of ether oxygens (including phenoxy) is 1. The van der Waals surface area contributed by atoms with E-state index in [0.717, 1.165) is 32.0 Å². The molecule has 1 aliphatic rings. The lowest BCUT2D eigenvalue weighted by Crippen LogP contribution is -2.36. The average molecular weight is 256 g/mol. The molecule has 0 bridgehead atoms. The summed E-state index contributed by atoms with van der Waals surface area (Å²) in [5.74, 6) is 0.748. The van der Waals surface area contributed by atoms with Gasteiger partial charge in [-0.15, -0.1) is 0 Å². The summed E-state index contributed by atoms with van der Waals surface area (Å²) in [7, 11) is 0. The van der Waals surface area contributed by atoms with Crippen LogP contribution in [0.5, 0.6) is 0 Å². The Bertz CT molecular complexity index is 201. The number of nitrogens with zero attached hydrogens (tertiary/aromatic N) is 1. The van der Waals surface area contributed by atoms with Crippen molar-refractivity contribution in [3.63, 3.8) is 0 Å². The van der Waals surface area contributed by atoms with Crippen molar-refractivity contribution in [1.29, 1.82) is 0 Å². The Morgan fingerprint density at radius 1 is 1.17 bits per heavy atom. The maximum atomic E-state index is 5.95. The third kappa shape index (κ3) is 6.72. The van der Waals surface area contributed by atoms with Crippen molar-refractivity contribution in [2.45, 2.75) is 59.1 Å². The summed E-state index contributed by atoms with van der Waals surface area (Å²) in [5, 5.41) is 3.37. The number of rotatable bonds is 8. The second-order valence-corrected chi connectivity index (χ2v) is 6.16. The minimum Gasteiger partial charge on any atom is -0.378 e. The summed E-state index contributed by atoms with van der Waals surface area (Å²) in [6, 6.07) is 0.645. The molecule has 0 aliphatic carbocycles. The first-order valence-electron chi connectivity index (χ1n) is 7.66. The Balaban J connectivity index is 2.10. The van der Waals surface area contributed by atoms with E-state index in [-0.39, 0.29) is 0 Å². The molecule has 0 radical (unpaired) electrons. The molecule has 0 saturated carbocycles. The number of hydrogen-bond acceptors (Lipinski definition) is 3. The molecule has 1 aliphatic heterocycles. The van der Waals surface area contributed by atoms with E-state index in [9.17, 15) is 0 Å². The fraction of sp³-hybridized carbons (Fsp3) is 1.00. The highest BCUT2D eigenvalue weighted by atomic mass is 16.5. The lowest BCUT2D eigenvalue weighted by molar-refractivity contribution is 0.0259. The second-order valence-electron chi connectivity index (χ2n) is 6.16. The van der Waals surface area contributed by atoms with E-state index >= 15 is 0 Å². The van der Waals surface area contributed by atoms with Gasteiger partial charge >= 0.3 is 0 Å². The van der Waals surface area contributed by atoms with Crippen LogP contribution in [0.1, 0.15) is 47.0 Å². The molecule has 3 heteroatoms. The van der Waals surface area contributed by atoms with Crippen molar-refractivity contribution in [2.75, 3.05) is 32.8 Å². The molecule has 1 N–H and O–H groups in total. The van der Waals surface area contributed by atoms with Crippen LogP contribution in [0.4, 0.5) is 0 Å². The first kappa shape index (κ1) is 15.9. The van der Waals surface area contributed by atoms with Crippen molar-refractivity contribution in [3.05, 3.63) is 0 Å². The molecule has 0 unspecified atom stereocenters. The first-order chi connectivity index (χ1) is 8.59. The fourth-order valence-corrected chi connectivity index (χ4v) is 2.51. The Morgan fingerprint density at radius 3 is 2.39 bits per heavy atom. The van der Waals surface area contributed by atoms with Crippen LogP contribution in [0.15, 0.2) is 0 Å². The van der Waals surface area contributed by atoms with Gasteiger partial charge in [-0.3, -0.25) is 0 Å². The van der Waals surface area contributed by atoms with Crippen LogP contribution in [-0.4, -0.2) is 49.8 Å². The normalized spacial score (nSPS) is 18.2. The minimum atomic E-state index is 0.504. The summed E-state index contributed by atoms with van der Waals surface area (Å²) in [5.41, 5.74) is 0. The van der Waals surface area contributed by atoms with Gasteiger partial charge in [0.25, 0.3) is 0 Å². The molecule has 0 atom stereocenters. The molecule has 18 heavy (non-hydrogen) atoms. The van der Waals surface area contributed by atoms with Crippen LogP contribution in [0.2, 0.25) is 0 Å². The van der Waals surface area contributed by atoms with Crippen molar-refractivity contribution in [3.8, 4) is 0 Å². The summed E-state index contributed by atoms with van der Waals surface area (Å²) in [6.45, 7) is 14.7. The highest BCUT2D eigenvalue weighted by Crippen LogP contribution is 2.09. The smallest absolute Gasteiger partial charge is 0.0599 e. The van der Waals surface area contributed by atoms with E-state index in [1.165, 1.54) is 25.9 Å². The molecule has 1 rings (SSSR count). The van der Waals surface area contributed by atoms with Gasteiger partial charge in [0.2, 0.25) is 0 Å². The quantitative estimate of drug-likeness (QED) is 0.675. The second kappa shape index (κ2) is 8.89. The Kier molecular flexibility index (Phi) is 7.87. The summed E-state index contributed by atoms with van der Waals surface area (Å²) in [4.78, 5) is 2.57. The van der Waals surface area contributed by atoms with E-state index in [0.29, 0.717) is 12.1 Å². The topological polar surface area (TPSA) is 24.5 Å². The van der Waals surface area contributed by atoms with Crippen molar-refractivity contribution < 1.29 is 4.74 Å². The third-order valence-electron chi connectivity index (χ3n) is 3.56. The Hall–Kier alpha value is -0.120. The molecule has 0 amide bonds. The van der Waals surface area contributed by atoms with Gasteiger partial charge in [0.05, 0.1) is 6.10 Å². The maximum Gasteiger partial charge on any atom is 0.0599 e. The van der Waals surface area contributed by atoms with E-state index in [1.54, 1.807) is 0 Å². The average Bonchev–Trinajstić information content (AvgIpc) is 2.33. The third-order valence-corrected chi connectivity index (χ3v) is 3.56. The molecule has 0 spiro atoms. The predicted molar refractivity (Wildman–Crippen MR) is 78.0 cm³/mol. The maximum absolute atomic E-state index is 5.95. The molecule has 1 heterocycles. The largest absolute Gasteiger partial charge is 0.378 e. The van der Waals surface area contributed by atoms with Gasteiger partial charge in [0, 0.05) is 25.7 Å². The van der Waals surface area contributed by atoms with Crippen LogP contribution in [0.25, 0.3) is 0 Å². The van der Waals surface area contributed by atoms with Crippen molar-refractivity contribution in [2.24, 2.45) is 5.92 Å². The van der Waals surface area contributed by atoms with E-state index in [2.05, 4.69) is 37.9 Å². The Labute approximate surface area is 113 Å². The summed E-state index contributed by atoms with van der Waals surface area (Å²) >= 11 is 0. The lowest BCUT2D eigenvalue weighted by Gasteiger charge is -2.29. The number of hydrogen-bond donors (Lipinski definition) is 1. The van der Waals surface area contributed by atoms with E-state index in [4.69, 9.17) is 4.74 Å². The zero-order chi connectivity index (χ0) is 13.4. The van der Waals surface area contributed by atoms with Crippen LogP contribution in [-0.2, 0) is 4.74 Å². The SMILES string of the molecule is CC(C)CN(CCCOC1CCNCC1)C(C)C. The molecular weight excluding hydrogens is 224 g/mol. The van der Waals surface area contributed by atoms with Crippen molar-refractivity contribution in [1.82, 2.24) is 10.2 Å². The standard InChI is InChI=1S/C15H32N2O/c1-13(2)12-17(14(3)4)10-5-11-18-15-6-8-16-9-7-15/h13-16H,5-12H2,1-4H3. The van der Waals surface area contributed by atoms with Crippen LogP contribution < -0.4 is 5.32 Å². The molecule has 0 aromatic rings. The van der Waals surface area contributed by atoms with Gasteiger partial charge in [0.15, 0.2) is 0 Å². The van der Waals surface area contributed by atoms with Crippen molar-refractivity contribution >= 4 is 0 Å². The number of piperidine rings is 1. The van der Waals surface area contributed by atoms with E-state index < -0.39 is 0 Å². The Morgan fingerprint density at radius 2 is 1.83 bits per heavy atom. The van der Waals surface area contributed by atoms with Gasteiger partial charge in [-0.05, 0) is 52.1 Å². The van der Waals surface area contributed by atoms with Crippen LogP contribution >= 0.6 is 0 Å². The van der Waals surface area contributed by atoms with Gasteiger partial charge in [-0.2, -0.15) is 0 Å². The molecule has 0 aromatic carbocycles. The summed E-state index contributed by atoms with van der Waals surface area (Å²) < 4.78 is 5.95. The van der Waals surface area contributed by atoms with Gasteiger partial charge in [0.1, 0.15) is 0 Å². The monoisotopic (exact) mass is 256 g/mol. The van der Waals surface area contributed by atoms with Gasteiger partial charge < -0.3 is 15.0 Å². The van der Waals surface area contributed by atoms with Crippen LogP contribution in [0.3, 0.4) is 0 Å². The van der Waals surface area contributed by atoms with Gasteiger partial charge in [-0.25, -0.2) is 0 Å². The zero-order valence-corrected chi connectivity index (χ0v) is 12.7. The highest BCUT2D eigenvalue weighted by Gasteiger charge is 2.14. The molecular formula is C15H32N2O. The predicted octanol–water partition coefficient (Wildman–Crippen LogP) is 2.51. The molecule has 0 aromatic heterocycles. The summed E-state index contributed by atoms with van der Waals surface area (Å²) in [6.07, 6.45) is 4.03. The first-order valence-corrected chi connectivity index (χ1v) is 7.66. The fourth-order valence-electron chi connectivity index (χ4n) is 2.51. The van der Waals surface area contributed by atoms with E-state index in [1.807, 2.05) is 0 Å². The number of nitrogens with one attached hydrogen (secondary N) is 1. The molecule has 1 fully saturated rings. The van der Waals surface area contributed by atoms with Crippen LogP contribution in [0, 0.1) is 5.92 Å².